The van der Waals surface area contributed by atoms with Crippen LogP contribution in [0.15, 0.2) is 47.4 Å². The summed E-state index contributed by atoms with van der Waals surface area (Å²) in [5, 5.41) is 7.75. The number of benzene rings is 1. The first kappa shape index (κ1) is 21.7. The Morgan fingerprint density at radius 1 is 1.29 bits per heavy atom. The lowest BCUT2D eigenvalue weighted by Gasteiger charge is -2.15. The molecule has 3 aromatic heterocycles. The number of allylic oxidation sites excluding steroid dienone is 1. The van der Waals surface area contributed by atoms with Gasteiger partial charge in [-0.05, 0) is 25.1 Å². The Bertz CT molecular complexity index is 1510. The van der Waals surface area contributed by atoms with E-state index in [-0.39, 0.29) is 23.2 Å². The van der Waals surface area contributed by atoms with Crippen molar-refractivity contribution in [2.45, 2.75) is 25.6 Å². The predicted octanol–water partition coefficient (Wildman–Crippen LogP) is 4.06. The standard InChI is InChI=1S/C22H17F4N7O/c1-10(15-5-11(7-27-15)22(24,25)26)30-21(34)14-8-28-20-19(14)31-16(9-29-20)18-13-4-3-12(23)6-17(13)33(2)32-18/h3-4,6-10H,5H2,1-2H3,(H,28,29)(H,30,34)/t10-/m0/s1. The lowest BCUT2D eigenvalue weighted by Crippen LogP contribution is -2.38. The molecule has 2 N–H and O–H groups in total. The molecule has 0 saturated heterocycles. The van der Waals surface area contributed by atoms with Gasteiger partial charge in [0.1, 0.15) is 22.7 Å². The van der Waals surface area contributed by atoms with Crippen molar-refractivity contribution in [3.05, 3.63) is 53.7 Å². The van der Waals surface area contributed by atoms with E-state index in [1.54, 1.807) is 20.0 Å². The van der Waals surface area contributed by atoms with Crippen molar-refractivity contribution in [3.8, 4) is 11.4 Å². The average molecular weight is 471 g/mol. The second kappa shape index (κ2) is 7.75. The average Bonchev–Trinajstić information content (AvgIpc) is 3.50. The molecule has 1 aromatic carbocycles. The second-order valence-electron chi connectivity index (χ2n) is 7.93. The highest BCUT2D eigenvalue weighted by molar-refractivity contribution is 6.07. The number of amides is 1. The maximum Gasteiger partial charge on any atom is 0.414 e. The maximum atomic E-state index is 13.6. The van der Waals surface area contributed by atoms with Gasteiger partial charge in [0, 0.05) is 37.0 Å². The van der Waals surface area contributed by atoms with Crippen LogP contribution in [0, 0.1) is 5.82 Å². The molecule has 0 aliphatic carbocycles. The number of carbonyl (C=O) groups is 1. The number of alkyl halides is 3. The number of H-pyrrole nitrogens is 1. The lowest BCUT2D eigenvalue weighted by atomic mass is 10.1. The highest BCUT2D eigenvalue weighted by Crippen LogP contribution is 2.32. The summed E-state index contributed by atoms with van der Waals surface area (Å²) < 4.78 is 53.8. The smallest absolute Gasteiger partial charge is 0.344 e. The highest BCUT2D eigenvalue weighted by Gasteiger charge is 2.37. The molecule has 8 nitrogen and oxygen atoms in total. The fraction of sp³-hybridized carbons (Fsp3) is 0.227. The molecule has 12 heteroatoms. The molecular formula is C22H17F4N7O. The number of fused-ring (bicyclic) bond motifs is 2. The Balaban J connectivity index is 1.43. The zero-order valence-corrected chi connectivity index (χ0v) is 17.9. The molecule has 0 bridgehead atoms. The van der Waals surface area contributed by atoms with Crippen LogP contribution < -0.4 is 5.32 Å². The molecule has 4 heterocycles. The quantitative estimate of drug-likeness (QED) is 0.439. The van der Waals surface area contributed by atoms with E-state index in [0.29, 0.717) is 27.9 Å². The number of halogens is 4. The Morgan fingerprint density at radius 2 is 2.09 bits per heavy atom. The fourth-order valence-electron chi connectivity index (χ4n) is 3.84. The van der Waals surface area contributed by atoms with Crippen LogP contribution in [-0.4, -0.2) is 48.6 Å². The maximum absolute atomic E-state index is 13.6. The van der Waals surface area contributed by atoms with Crippen molar-refractivity contribution in [2.75, 3.05) is 0 Å². The highest BCUT2D eigenvalue weighted by atomic mass is 19.4. The molecule has 0 unspecified atom stereocenters. The molecule has 0 saturated carbocycles. The number of aliphatic imine (C=N–C) groups is 1. The van der Waals surface area contributed by atoms with Crippen LogP contribution in [0.5, 0.6) is 0 Å². The second-order valence-corrected chi connectivity index (χ2v) is 7.93. The largest absolute Gasteiger partial charge is 0.414 e. The molecule has 174 valence electrons. The fourth-order valence-corrected chi connectivity index (χ4v) is 3.84. The van der Waals surface area contributed by atoms with Crippen LogP contribution in [0.2, 0.25) is 0 Å². The van der Waals surface area contributed by atoms with Gasteiger partial charge in [0.05, 0.1) is 28.9 Å². The normalized spacial score (nSPS) is 15.0. The van der Waals surface area contributed by atoms with Crippen molar-refractivity contribution in [1.82, 2.24) is 30.0 Å². The summed E-state index contributed by atoms with van der Waals surface area (Å²) in [7, 11) is 1.68. The zero-order valence-electron chi connectivity index (χ0n) is 17.9. The van der Waals surface area contributed by atoms with Crippen molar-refractivity contribution in [3.63, 3.8) is 0 Å². The Labute approximate surface area is 189 Å². The van der Waals surface area contributed by atoms with Gasteiger partial charge in [0.2, 0.25) is 0 Å². The molecule has 0 spiro atoms. The molecule has 1 aliphatic heterocycles. The number of hydrogen-bond acceptors (Lipinski definition) is 5. The third kappa shape index (κ3) is 3.70. The van der Waals surface area contributed by atoms with E-state index in [9.17, 15) is 22.4 Å². The van der Waals surface area contributed by atoms with Crippen LogP contribution in [0.1, 0.15) is 23.7 Å². The molecule has 1 atom stereocenters. The number of nitrogens with zero attached hydrogens (tertiary/aromatic N) is 5. The van der Waals surface area contributed by atoms with E-state index in [1.807, 2.05) is 0 Å². The minimum atomic E-state index is -4.46. The minimum absolute atomic E-state index is 0.171. The summed E-state index contributed by atoms with van der Waals surface area (Å²) >= 11 is 0. The molecular weight excluding hydrogens is 454 g/mol. The van der Waals surface area contributed by atoms with Gasteiger partial charge >= 0.3 is 6.18 Å². The molecule has 1 amide bonds. The van der Waals surface area contributed by atoms with Crippen LogP contribution in [-0.2, 0) is 7.05 Å². The van der Waals surface area contributed by atoms with Crippen LogP contribution in [0.4, 0.5) is 17.6 Å². The first-order valence-corrected chi connectivity index (χ1v) is 10.2. The summed E-state index contributed by atoms with van der Waals surface area (Å²) in [6, 6.07) is 3.55. The SMILES string of the molecule is C[C@H](NC(=O)c1c[nH]c2ncc(-c3nn(C)c4cc(F)ccc34)nc12)C1=NC=C(C(F)(F)F)C1. The first-order chi connectivity index (χ1) is 16.1. The van der Waals surface area contributed by atoms with Crippen LogP contribution in [0.25, 0.3) is 33.5 Å². The third-order valence-electron chi connectivity index (χ3n) is 5.65. The van der Waals surface area contributed by atoms with E-state index in [0.717, 1.165) is 6.20 Å². The van der Waals surface area contributed by atoms with E-state index < -0.39 is 29.5 Å². The summed E-state index contributed by atoms with van der Waals surface area (Å²) in [6.45, 7) is 1.56. The molecule has 34 heavy (non-hydrogen) atoms. The van der Waals surface area contributed by atoms with Gasteiger partial charge in [-0.25, -0.2) is 14.4 Å². The number of carbonyl (C=O) groups excluding carboxylic acids is 1. The van der Waals surface area contributed by atoms with Crippen molar-refractivity contribution in [1.29, 1.82) is 0 Å². The lowest BCUT2D eigenvalue weighted by molar-refractivity contribution is -0.0923. The predicted molar refractivity (Wildman–Crippen MR) is 117 cm³/mol. The Morgan fingerprint density at radius 3 is 2.82 bits per heavy atom. The van der Waals surface area contributed by atoms with Gasteiger partial charge in [0.15, 0.2) is 5.65 Å². The summed E-state index contributed by atoms with van der Waals surface area (Å²) in [5.41, 5.74) is 1.67. The summed E-state index contributed by atoms with van der Waals surface area (Å²) in [4.78, 5) is 28.5. The monoisotopic (exact) mass is 471 g/mol. The molecule has 1 aliphatic rings. The van der Waals surface area contributed by atoms with Crippen LogP contribution >= 0.6 is 0 Å². The molecule has 4 aromatic rings. The van der Waals surface area contributed by atoms with Crippen molar-refractivity contribution < 1.29 is 22.4 Å². The molecule has 0 radical (unpaired) electrons. The van der Waals surface area contributed by atoms with E-state index in [4.69, 9.17) is 0 Å². The molecule has 0 fully saturated rings. The van der Waals surface area contributed by atoms with Crippen molar-refractivity contribution in [2.24, 2.45) is 12.0 Å². The van der Waals surface area contributed by atoms with E-state index >= 15 is 0 Å². The topological polar surface area (TPSA) is 101 Å². The van der Waals surface area contributed by atoms with Gasteiger partial charge in [-0.15, -0.1) is 0 Å². The number of aromatic nitrogens is 5. The summed E-state index contributed by atoms with van der Waals surface area (Å²) in [5.74, 6) is -0.937. The van der Waals surface area contributed by atoms with Crippen LogP contribution in [0.3, 0.4) is 0 Å². The third-order valence-corrected chi connectivity index (χ3v) is 5.65. The van der Waals surface area contributed by atoms with Gasteiger partial charge in [-0.3, -0.25) is 14.5 Å². The number of aryl methyl sites for hydroxylation is 1. The zero-order chi connectivity index (χ0) is 24.2. The van der Waals surface area contributed by atoms with Gasteiger partial charge in [0.25, 0.3) is 5.91 Å². The first-order valence-electron chi connectivity index (χ1n) is 10.2. The van der Waals surface area contributed by atoms with Crippen molar-refractivity contribution >= 4 is 33.7 Å². The van der Waals surface area contributed by atoms with Gasteiger partial charge < -0.3 is 10.3 Å². The number of hydrogen-bond donors (Lipinski definition) is 2. The summed E-state index contributed by atoms with van der Waals surface area (Å²) in [6.07, 6.45) is -1.13. The number of rotatable bonds is 4. The van der Waals surface area contributed by atoms with Gasteiger partial charge in [-0.1, -0.05) is 0 Å². The minimum Gasteiger partial charge on any atom is -0.344 e. The Hall–Kier alpha value is -4.09. The van der Waals surface area contributed by atoms with E-state index in [2.05, 4.69) is 30.4 Å². The number of nitrogens with one attached hydrogen (secondary N) is 2. The number of aromatic amines is 1. The van der Waals surface area contributed by atoms with E-state index in [1.165, 1.54) is 29.2 Å². The van der Waals surface area contributed by atoms with Gasteiger partial charge in [-0.2, -0.15) is 18.3 Å². The molecule has 5 rings (SSSR count). The Kier molecular flexibility index (Phi) is 4.95.